The predicted molar refractivity (Wildman–Crippen MR) is 64.9 cm³/mol. The zero-order valence-electron chi connectivity index (χ0n) is 9.90. The summed E-state index contributed by atoms with van der Waals surface area (Å²) in [7, 11) is 0. The lowest BCUT2D eigenvalue weighted by Crippen LogP contribution is -2.42. The Morgan fingerprint density at radius 1 is 1.71 bits per heavy atom. The van der Waals surface area contributed by atoms with Crippen molar-refractivity contribution in [2.45, 2.75) is 19.4 Å². The van der Waals surface area contributed by atoms with Crippen LogP contribution in [-0.2, 0) is 4.74 Å². The number of carbonyl (C=O) groups is 1. The number of aryl methyl sites for hydroxylation is 1. The lowest BCUT2D eigenvalue weighted by atomic mass is 10.0. The van der Waals surface area contributed by atoms with Crippen LogP contribution in [0.4, 0.5) is 5.82 Å². The van der Waals surface area contributed by atoms with Crippen LogP contribution in [0.5, 0.6) is 0 Å². The fourth-order valence-electron chi connectivity index (χ4n) is 1.89. The van der Waals surface area contributed by atoms with Crippen LogP contribution < -0.4 is 11.1 Å². The van der Waals surface area contributed by atoms with Gasteiger partial charge in [0.25, 0.3) is 0 Å². The van der Waals surface area contributed by atoms with Gasteiger partial charge in [0.1, 0.15) is 5.82 Å². The summed E-state index contributed by atoms with van der Waals surface area (Å²) >= 11 is 0. The largest absolute Gasteiger partial charge is 0.383 e. The Bertz CT molecular complexity index is 414. The van der Waals surface area contributed by atoms with E-state index in [1.54, 1.807) is 12.3 Å². The van der Waals surface area contributed by atoms with Crippen molar-refractivity contribution in [1.29, 1.82) is 0 Å². The van der Waals surface area contributed by atoms with Gasteiger partial charge in [-0.1, -0.05) is 0 Å². The minimum atomic E-state index is 0.0155. The maximum Gasteiger partial charge on any atom is 0.168 e. The second kappa shape index (κ2) is 5.25. The van der Waals surface area contributed by atoms with E-state index in [2.05, 4.69) is 10.3 Å². The van der Waals surface area contributed by atoms with Gasteiger partial charge in [-0.15, -0.1) is 0 Å². The lowest BCUT2D eigenvalue weighted by molar-refractivity contribution is 0.0676. The van der Waals surface area contributed by atoms with E-state index in [1.165, 1.54) is 0 Å². The fraction of sp³-hybridized carbons (Fsp3) is 0.500. The molecule has 17 heavy (non-hydrogen) atoms. The van der Waals surface area contributed by atoms with Crippen LogP contribution in [0.1, 0.15) is 22.3 Å². The minimum Gasteiger partial charge on any atom is -0.383 e. The van der Waals surface area contributed by atoms with Gasteiger partial charge in [-0.2, -0.15) is 0 Å². The molecule has 1 aromatic rings. The maximum atomic E-state index is 12.1. The molecule has 92 valence electrons. The number of Topliss-reactive ketones (excluding diaryl/α,β-unsaturated/α-hetero) is 1. The quantitative estimate of drug-likeness (QED) is 0.747. The van der Waals surface area contributed by atoms with Crippen molar-refractivity contribution in [1.82, 2.24) is 10.3 Å². The Kier molecular flexibility index (Phi) is 3.71. The fourth-order valence-corrected chi connectivity index (χ4v) is 1.89. The van der Waals surface area contributed by atoms with Gasteiger partial charge in [-0.25, -0.2) is 4.98 Å². The number of ether oxygens (including phenoxy) is 1. The summed E-state index contributed by atoms with van der Waals surface area (Å²) in [4.78, 5) is 16.1. The molecule has 5 nitrogen and oxygen atoms in total. The number of morpholine rings is 1. The summed E-state index contributed by atoms with van der Waals surface area (Å²) in [6.45, 7) is 3.97. The monoisotopic (exact) mass is 235 g/mol. The van der Waals surface area contributed by atoms with E-state index >= 15 is 0 Å². The molecule has 1 aliphatic heterocycles. The Hall–Kier alpha value is -1.46. The number of nitrogen functional groups attached to an aromatic ring is 1. The van der Waals surface area contributed by atoms with Crippen molar-refractivity contribution < 1.29 is 9.53 Å². The predicted octanol–water partition coefficient (Wildman–Crippen LogP) is 0.533. The number of nitrogens with zero attached hydrogens (tertiary/aromatic N) is 1. The van der Waals surface area contributed by atoms with Crippen molar-refractivity contribution in [3.05, 3.63) is 23.4 Å². The van der Waals surface area contributed by atoms with Crippen molar-refractivity contribution in [3.8, 4) is 0 Å². The van der Waals surface area contributed by atoms with Crippen LogP contribution in [0.2, 0.25) is 0 Å². The molecule has 0 radical (unpaired) electrons. The minimum absolute atomic E-state index is 0.0155. The highest BCUT2D eigenvalue weighted by atomic mass is 16.5. The third-order valence-electron chi connectivity index (χ3n) is 2.79. The lowest BCUT2D eigenvalue weighted by Gasteiger charge is -2.23. The molecule has 1 unspecified atom stereocenters. The maximum absolute atomic E-state index is 12.1. The van der Waals surface area contributed by atoms with Crippen molar-refractivity contribution >= 4 is 11.6 Å². The molecular weight excluding hydrogens is 218 g/mol. The number of hydrogen-bond donors (Lipinski definition) is 2. The molecule has 0 amide bonds. The Morgan fingerprint density at radius 3 is 3.24 bits per heavy atom. The van der Waals surface area contributed by atoms with Gasteiger partial charge in [0, 0.05) is 25.2 Å². The Labute approximate surface area is 100 Å². The molecule has 1 aliphatic rings. The zero-order chi connectivity index (χ0) is 12.3. The summed E-state index contributed by atoms with van der Waals surface area (Å²) in [6, 6.07) is 1.87. The number of pyridine rings is 1. The standard InChI is InChI=1S/C12H17N3O2/c1-8-4-10(12(13)15-6-8)11(16)5-9-7-17-3-2-14-9/h4,6,9,14H,2-3,5,7H2,1H3,(H2,13,15). The summed E-state index contributed by atoms with van der Waals surface area (Å²) in [5, 5.41) is 3.25. The first-order valence-electron chi connectivity index (χ1n) is 5.73. The van der Waals surface area contributed by atoms with E-state index in [9.17, 15) is 4.79 Å². The topological polar surface area (TPSA) is 77.2 Å². The average molecular weight is 235 g/mol. The molecule has 0 aliphatic carbocycles. The molecule has 2 heterocycles. The summed E-state index contributed by atoms with van der Waals surface area (Å²) in [6.07, 6.45) is 2.06. The first-order valence-corrected chi connectivity index (χ1v) is 5.73. The Balaban J connectivity index is 2.05. The van der Waals surface area contributed by atoms with Crippen LogP contribution in [0.25, 0.3) is 0 Å². The van der Waals surface area contributed by atoms with Crippen LogP contribution in [0.3, 0.4) is 0 Å². The SMILES string of the molecule is Cc1cnc(N)c(C(=O)CC2COCCN2)c1. The van der Waals surface area contributed by atoms with Crippen molar-refractivity contribution in [3.63, 3.8) is 0 Å². The third kappa shape index (κ3) is 3.01. The molecule has 5 heteroatoms. The smallest absolute Gasteiger partial charge is 0.168 e. The molecule has 0 spiro atoms. The van der Waals surface area contributed by atoms with Crippen LogP contribution >= 0.6 is 0 Å². The van der Waals surface area contributed by atoms with Crippen molar-refractivity contribution in [2.24, 2.45) is 0 Å². The van der Waals surface area contributed by atoms with E-state index < -0.39 is 0 Å². The van der Waals surface area contributed by atoms with E-state index in [0.29, 0.717) is 31.0 Å². The van der Waals surface area contributed by atoms with Gasteiger partial charge >= 0.3 is 0 Å². The molecule has 2 rings (SSSR count). The van der Waals surface area contributed by atoms with Crippen LogP contribution in [0, 0.1) is 6.92 Å². The molecule has 1 fully saturated rings. The van der Waals surface area contributed by atoms with Gasteiger partial charge in [0.2, 0.25) is 0 Å². The van der Waals surface area contributed by atoms with Crippen LogP contribution in [-0.4, -0.2) is 36.6 Å². The van der Waals surface area contributed by atoms with Gasteiger partial charge in [-0.05, 0) is 18.6 Å². The number of aromatic nitrogens is 1. The summed E-state index contributed by atoms with van der Waals surface area (Å²) < 4.78 is 5.31. The highest BCUT2D eigenvalue weighted by molar-refractivity contribution is 6.00. The van der Waals surface area contributed by atoms with E-state index in [0.717, 1.165) is 12.1 Å². The molecule has 0 saturated carbocycles. The van der Waals surface area contributed by atoms with Gasteiger partial charge in [-0.3, -0.25) is 4.79 Å². The molecular formula is C12H17N3O2. The zero-order valence-corrected chi connectivity index (χ0v) is 9.90. The first-order chi connectivity index (χ1) is 8.16. The molecule has 1 saturated heterocycles. The van der Waals surface area contributed by atoms with Gasteiger partial charge in [0.05, 0.1) is 18.8 Å². The molecule has 0 aromatic carbocycles. The first kappa shape index (κ1) is 12.0. The number of carbonyl (C=O) groups excluding carboxylic acids is 1. The number of nitrogens with one attached hydrogen (secondary N) is 1. The average Bonchev–Trinajstić information content (AvgIpc) is 2.33. The highest BCUT2D eigenvalue weighted by Gasteiger charge is 2.19. The highest BCUT2D eigenvalue weighted by Crippen LogP contribution is 2.14. The Morgan fingerprint density at radius 2 is 2.53 bits per heavy atom. The van der Waals surface area contributed by atoms with Crippen LogP contribution in [0.15, 0.2) is 12.3 Å². The van der Waals surface area contributed by atoms with E-state index in [1.807, 2.05) is 6.92 Å². The van der Waals surface area contributed by atoms with E-state index in [4.69, 9.17) is 10.5 Å². The second-order valence-corrected chi connectivity index (χ2v) is 4.30. The van der Waals surface area contributed by atoms with Gasteiger partial charge < -0.3 is 15.8 Å². The summed E-state index contributed by atoms with van der Waals surface area (Å²) in [5.74, 6) is 0.319. The number of nitrogens with two attached hydrogens (primary N) is 1. The number of ketones is 1. The normalized spacial score (nSPS) is 20.2. The van der Waals surface area contributed by atoms with Gasteiger partial charge in [0.15, 0.2) is 5.78 Å². The molecule has 1 aromatic heterocycles. The molecule has 1 atom stereocenters. The number of rotatable bonds is 3. The van der Waals surface area contributed by atoms with Crippen molar-refractivity contribution in [2.75, 3.05) is 25.5 Å². The van der Waals surface area contributed by atoms with E-state index in [-0.39, 0.29) is 11.8 Å². The number of hydrogen-bond acceptors (Lipinski definition) is 5. The second-order valence-electron chi connectivity index (χ2n) is 4.30. The molecule has 3 N–H and O–H groups in total. The third-order valence-corrected chi connectivity index (χ3v) is 2.79. The molecule has 0 bridgehead atoms. The number of anilines is 1. The summed E-state index contributed by atoms with van der Waals surface area (Å²) in [5.41, 5.74) is 7.16.